The van der Waals surface area contributed by atoms with E-state index in [9.17, 15) is 4.79 Å². The van der Waals surface area contributed by atoms with E-state index in [0.717, 1.165) is 11.3 Å². The molecule has 3 rings (SSSR count). The highest BCUT2D eigenvalue weighted by Gasteiger charge is 2.11. The van der Waals surface area contributed by atoms with Crippen LogP contribution >= 0.6 is 11.3 Å². The first-order chi connectivity index (χ1) is 8.75. The molecule has 0 amide bonds. The van der Waals surface area contributed by atoms with Crippen molar-refractivity contribution in [1.29, 1.82) is 0 Å². The number of carboxylic acids is 1. The van der Waals surface area contributed by atoms with Gasteiger partial charge in [-0.2, -0.15) is 11.3 Å². The van der Waals surface area contributed by atoms with Crippen LogP contribution in [0.2, 0.25) is 0 Å². The molecule has 0 saturated heterocycles. The molecule has 2 aromatic heterocycles. The van der Waals surface area contributed by atoms with E-state index < -0.39 is 5.97 Å². The summed E-state index contributed by atoms with van der Waals surface area (Å²) in [5.74, 6) is -0.988. The van der Waals surface area contributed by atoms with Crippen LogP contribution < -0.4 is 0 Å². The lowest BCUT2D eigenvalue weighted by molar-refractivity contribution is 0.0699. The van der Waals surface area contributed by atoms with Gasteiger partial charge in [0.1, 0.15) is 5.52 Å². The van der Waals surface area contributed by atoms with Crippen LogP contribution in [-0.4, -0.2) is 21.0 Å². The zero-order valence-electron chi connectivity index (χ0n) is 9.20. The van der Waals surface area contributed by atoms with Crippen molar-refractivity contribution in [3.05, 3.63) is 46.8 Å². The number of benzene rings is 1. The summed E-state index contributed by atoms with van der Waals surface area (Å²) in [6.45, 7) is 0. The molecule has 0 aliphatic heterocycles. The summed E-state index contributed by atoms with van der Waals surface area (Å²) in [5, 5.41) is 13.0. The lowest BCUT2D eigenvalue weighted by atomic mass is 10.1. The molecule has 2 heterocycles. The average Bonchev–Trinajstić information content (AvgIpc) is 2.91. The van der Waals surface area contributed by atoms with Crippen molar-refractivity contribution in [3.63, 3.8) is 0 Å². The van der Waals surface area contributed by atoms with Gasteiger partial charge in [-0.1, -0.05) is 6.07 Å². The van der Waals surface area contributed by atoms with E-state index in [-0.39, 0.29) is 5.56 Å². The van der Waals surface area contributed by atoms with Gasteiger partial charge in [-0.25, -0.2) is 9.78 Å². The first kappa shape index (κ1) is 10.9. The average molecular weight is 256 g/mol. The first-order valence-corrected chi connectivity index (χ1v) is 6.21. The molecular formula is C13H8N2O2S. The number of hydrogen-bond acceptors (Lipinski definition) is 4. The predicted molar refractivity (Wildman–Crippen MR) is 69.8 cm³/mol. The van der Waals surface area contributed by atoms with Crippen LogP contribution in [-0.2, 0) is 0 Å². The van der Waals surface area contributed by atoms with E-state index in [1.165, 1.54) is 6.07 Å². The van der Waals surface area contributed by atoms with E-state index in [4.69, 9.17) is 5.11 Å². The molecule has 1 N–H and O–H groups in total. The molecule has 0 spiro atoms. The van der Waals surface area contributed by atoms with Gasteiger partial charge in [0.25, 0.3) is 0 Å². The van der Waals surface area contributed by atoms with Crippen molar-refractivity contribution in [2.75, 3.05) is 0 Å². The van der Waals surface area contributed by atoms with E-state index in [0.29, 0.717) is 11.0 Å². The standard InChI is InChI=1S/C13H8N2O2S/c16-13(17)9-2-1-3-10-12(9)14-6-11(15-10)8-4-5-18-7-8/h1-7H,(H,16,17). The molecule has 18 heavy (non-hydrogen) atoms. The fraction of sp³-hybridized carbons (Fsp3) is 0. The summed E-state index contributed by atoms with van der Waals surface area (Å²) in [7, 11) is 0. The molecule has 0 unspecified atom stereocenters. The van der Waals surface area contributed by atoms with E-state index in [1.807, 2.05) is 16.8 Å². The van der Waals surface area contributed by atoms with Crippen molar-refractivity contribution in [2.24, 2.45) is 0 Å². The Bertz CT molecular complexity index is 723. The van der Waals surface area contributed by atoms with Gasteiger partial charge < -0.3 is 5.11 Å². The second-order valence-electron chi connectivity index (χ2n) is 3.75. The van der Waals surface area contributed by atoms with Gasteiger partial charge in [-0.05, 0) is 23.6 Å². The lowest BCUT2D eigenvalue weighted by Gasteiger charge is -2.03. The highest BCUT2D eigenvalue weighted by atomic mass is 32.1. The number of fused-ring (bicyclic) bond motifs is 1. The number of carboxylic acid groups (broad SMARTS) is 1. The first-order valence-electron chi connectivity index (χ1n) is 5.27. The number of aromatic nitrogens is 2. The van der Waals surface area contributed by atoms with Crippen molar-refractivity contribution in [3.8, 4) is 11.3 Å². The second kappa shape index (κ2) is 4.19. The van der Waals surface area contributed by atoms with E-state index in [2.05, 4.69) is 9.97 Å². The fourth-order valence-corrected chi connectivity index (χ4v) is 2.41. The largest absolute Gasteiger partial charge is 0.478 e. The van der Waals surface area contributed by atoms with Crippen LogP contribution in [0.5, 0.6) is 0 Å². The molecule has 5 heteroatoms. The number of rotatable bonds is 2. The summed E-state index contributed by atoms with van der Waals surface area (Å²) in [4.78, 5) is 19.7. The summed E-state index contributed by atoms with van der Waals surface area (Å²) >= 11 is 1.59. The summed E-state index contributed by atoms with van der Waals surface area (Å²) in [6.07, 6.45) is 1.61. The Kier molecular flexibility index (Phi) is 2.53. The Morgan fingerprint density at radius 2 is 2.17 bits per heavy atom. The van der Waals surface area contributed by atoms with Crippen LogP contribution in [0.25, 0.3) is 22.3 Å². The molecule has 1 aromatic carbocycles. The maximum atomic E-state index is 11.1. The van der Waals surface area contributed by atoms with Crippen molar-refractivity contribution >= 4 is 28.3 Å². The highest BCUT2D eigenvalue weighted by Crippen LogP contribution is 2.22. The molecule has 3 aromatic rings. The van der Waals surface area contributed by atoms with Crippen LogP contribution in [0.15, 0.2) is 41.2 Å². The minimum Gasteiger partial charge on any atom is -0.478 e. The van der Waals surface area contributed by atoms with Crippen molar-refractivity contribution in [1.82, 2.24) is 9.97 Å². The van der Waals surface area contributed by atoms with Gasteiger partial charge in [0.2, 0.25) is 0 Å². The summed E-state index contributed by atoms with van der Waals surface area (Å²) < 4.78 is 0. The zero-order chi connectivity index (χ0) is 12.5. The Morgan fingerprint density at radius 3 is 2.89 bits per heavy atom. The number of carbonyl (C=O) groups is 1. The van der Waals surface area contributed by atoms with Gasteiger partial charge in [0.15, 0.2) is 0 Å². The monoisotopic (exact) mass is 256 g/mol. The molecule has 88 valence electrons. The minimum absolute atomic E-state index is 0.178. The topological polar surface area (TPSA) is 63.1 Å². The Morgan fingerprint density at radius 1 is 1.28 bits per heavy atom. The smallest absolute Gasteiger partial charge is 0.337 e. The van der Waals surface area contributed by atoms with Crippen LogP contribution in [0.4, 0.5) is 0 Å². The Labute approximate surface area is 107 Å². The number of para-hydroxylation sites is 1. The molecular weight excluding hydrogens is 248 g/mol. The highest BCUT2D eigenvalue weighted by molar-refractivity contribution is 7.08. The van der Waals surface area contributed by atoms with E-state index >= 15 is 0 Å². The van der Waals surface area contributed by atoms with Crippen LogP contribution in [0, 0.1) is 0 Å². The quantitative estimate of drug-likeness (QED) is 0.765. The van der Waals surface area contributed by atoms with Crippen molar-refractivity contribution < 1.29 is 9.90 Å². The fourth-order valence-electron chi connectivity index (χ4n) is 1.76. The SMILES string of the molecule is O=C(O)c1cccc2nc(-c3ccsc3)cnc12. The van der Waals surface area contributed by atoms with Crippen LogP contribution in [0.1, 0.15) is 10.4 Å². The number of nitrogens with zero attached hydrogens (tertiary/aromatic N) is 2. The summed E-state index contributed by atoms with van der Waals surface area (Å²) in [6, 6.07) is 6.94. The van der Waals surface area contributed by atoms with Gasteiger partial charge in [-0.15, -0.1) is 0 Å². The number of hydrogen-bond donors (Lipinski definition) is 1. The second-order valence-corrected chi connectivity index (χ2v) is 4.53. The maximum Gasteiger partial charge on any atom is 0.337 e. The molecule has 0 fully saturated rings. The third-order valence-electron chi connectivity index (χ3n) is 2.62. The van der Waals surface area contributed by atoms with Crippen LogP contribution in [0.3, 0.4) is 0 Å². The molecule has 0 aliphatic carbocycles. The molecule has 0 atom stereocenters. The predicted octanol–water partition coefficient (Wildman–Crippen LogP) is 3.06. The Balaban J connectivity index is 2.23. The molecule has 4 nitrogen and oxygen atoms in total. The molecule has 0 saturated carbocycles. The number of thiophene rings is 1. The van der Waals surface area contributed by atoms with E-state index in [1.54, 1.807) is 29.7 Å². The molecule has 0 aliphatic rings. The summed E-state index contributed by atoms with van der Waals surface area (Å²) in [5.41, 5.74) is 2.95. The van der Waals surface area contributed by atoms with Gasteiger partial charge in [-0.3, -0.25) is 4.98 Å². The Hall–Kier alpha value is -2.27. The maximum absolute atomic E-state index is 11.1. The lowest BCUT2D eigenvalue weighted by Crippen LogP contribution is -1.99. The minimum atomic E-state index is -0.988. The number of aromatic carboxylic acids is 1. The normalized spacial score (nSPS) is 10.7. The third kappa shape index (κ3) is 1.74. The van der Waals surface area contributed by atoms with Gasteiger partial charge in [0, 0.05) is 10.9 Å². The third-order valence-corrected chi connectivity index (χ3v) is 3.30. The zero-order valence-corrected chi connectivity index (χ0v) is 10.0. The van der Waals surface area contributed by atoms with Crippen molar-refractivity contribution in [2.45, 2.75) is 0 Å². The molecule has 0 bridgehead atoms. The van der Waals surface area contributed by atoms with Gasteiger partial charge in [0.05, 0.1) is 23.0 Å². The van der Waals surface area contributed by atoms with Gasteiger partial charge >= 0.3 is 5.97 Å². The molecule has 0 radical (unpaired) electrons.